The van der Waals surface area contributed by atoms with Gasteiger partial charge in [-0.05, 0) is 61.9 Å². The summed E-state index contributed by atoms with van der Waals surface area (Å²) in [7, 11) is 1.53. The van der Waals surface area contributed by atoms with Crippen molar-refractivity contribution in [1.29, 1.82) is 0 Å². The first-order valence-corrected chi connectivity index (χ1v) is 11.7. The highest BCUT2D eigenvalue weighted by Gasteiger charge is 2.48. The molecule has 182 valence electrons. The summed E-state index contributed by atoms with van der Waals surface area (Å²) < 4.78 is 16.9. The maximum absolute atomic E-state index is 13.2. The largest absolute Gasteiger partial charge is 0.507 e. The number of carbonyl (C=O) groups excluding carboxylic acids is 2. The monoisotopic (exact) mass is 475 g/mol. The molecule has 2 heterocycles. The van der Waals surface area contributed by atoms with Crippen molar-refractivity contribution in [1.82, 2.24) is 0 Å². The summed E-state index contributed by atoms with van der Waals surface area (Å²) in [4.78, 5) is 27.7. The molecule has 3 aromatic rings. The Balaban J connectivity index is 1.74. The van der Waals surface area contributed by atoms with E-state index >= 15 is 0 Å². The molecule has 7 nitrogen and oxygen atoms in total. The number of hydrogen-bond acceptors (Lipinski definition) is 6. The summed E-state index contributed by atoms with van der Waals surface area (Å²) in [5, 5.41) is 11.2. The van der Waals surface area contributed by atoms with Crippen LogP contribution in [0.1, 0.15) is 49.3 Å². The first kappa shape index (κ1) is 24.1. The Bertz CT molecular complexity index is 1240. The summed E-state index contributed by atoms with van der Waals surface area (Å²) in [6.07, 6.45) is 3.17. The lowest BCUT2D eigenvalue weighted by Crippen LogP contribution is -2.29. The van der Waals surface area contributed by atoms with E-state index in [0.29, 0.717) is 40.9 Å². The number of amides is 1. The molecule has 0 aliphatic carbocycles. The number of rotatable bonds is 9. The molecule has 1 aliphatic rings. The third-order valence-corrected chi connectivity index (χ3v) is 5.95. The summed E-state index contributed by atoms with van der Waals surface area (Å²) >= 11 is 0. The van der Waals surface area contributed by atoms with Crippen LogP contribution in [0.3, 0.4) is 0 Å². The normalized spacial score (nSPS) is 17.1. The van der Waals surface area contributed by atoms with Gasteiger partial charge in [0.2, 0.25) is 0 Å². The molecule has 1 saturated heterocycles. The molecule has 1 unspecified atom stereocenters. The van der Waals surface area contributed by atoms with Crippen LogP contribution in [0.5, 0.6) is 11.5 Å². The fourth-order valence-corrected chi connectivity index (χ4v) is 4.14. The van der Waals surface area contributed by atoms with Crippen molar-refractivity contribution < 1.29 is 28.6 Å². The molecule has 0 bridgehead atoms. The van der Waals surface area contributed by atoms with Crippen LogP contribution in [-0.4, -0.2) is 30.5 Å². The van der Waals surface area contributed by atoms with E-state index in [0.717, 1.165) is 19.3 Å². The third-order valence-electron chi connectivity index (χ3n) is 5.95. The second-order valence-electron chi connectivity index (χ2n) is 8.40. The van der Waals surface area contributed by atoms with E-state index in [9.17, 15) is 14.7 Å². The van der Waals surface area contributed by atoms with Crippen LogP contribution in [0.4, 0.5) is 5.69 Å². The molecule has 1 atom stereocenters. The van der Waals surface area contributed by atoms with Gasteiger partial charge in [-0.25, -0.2) is 0 Å². The average molecular weight is 476 g/mol. The zero-order valence-corrected chi connectivity index (χ0v) is 20.1. The minimum absolute atomic E-state index is 0.0382. The standard InChI is InChI=1S/C28H29NO6/c1-4-5-6-16-34-21-13-11-19(12-14-21)26(30)24-25(23-15-10-18(2)35-23)29(28(32)27(24)31)20-8-7-9-22(17-20)33-3/h7-15,17,25,30H,4-6,16H2,1-3H3/b26-24-. The van der Waals surface area contributed by atoms with Gasteiger partial charge in [0.25, 0.3) is 11.7 Å². The van der Waals surface area contributed by atoms with Crippen LogP contribution in [0.2, 0.25) is 0 Å². The van der Waals surface area contributed by atoms with Gasteiger partial charge in [-0.15, -0.1) is 0 Å². The lowest BCUT2D eigenvalue weighted by molar-refractivity contribution is -0.132. The number of nitrogens with zero attached hydrogens (tertiary/aromatic N) is 1. The molecule has 1 aliphatic heterocycles. The zero-order chi connectivity index (χ0) is 24.9. The van der Waals surface area contributed by atoms with Crippen LogP contribution in [-0.2, 0) is 9.59 Å². The number of ether oxygens (including phenoxy) is 2. The Morgan fingerprint density at radius 2 is 1.80 bits per heavy atom. The first-order chi connectivity index (χ1) is 16.9. The molecule has 0 saturated carbocycles. The molecule has 2 aromatic carbocycles. The number of ketones is 1. The molecule has 7 heteroatoms. The summed E-state index contributed by atoms with van der Waals surface area (Å²) in [6.45, 7) is 4.52. The van der Waals surface area contributed by atoms with E-state index in [1.807, 2.05) is 0 Å². The minimum Gasteiger partial charge on any atom is -0.507 e. The number of methoxy groups -OCH3 is 1. The second kappa shape index (κ2) is 10.5. The van der Waals surface area contributed by atoms with Gasteiger partial charge in [-0.1, -0.05) is 25.8 Å². The van der Waals surface area contributed by atoms with Crippen LogP contribution in [0.15, 0.2) is 70.7 Å². The van der Waals surface area contributed by atoms with Crippen LogP contribution < -0.4 is 14.4 Å². The van der Waals surface area contributed by atoms with Crippen LogP contribution in [0.25, 0.3) is 5.76 Å². The Hall–Kier alpha value is -4.00. The molecule has 1 fully saturated rings. The smallest absolute Gasteiger partial charge is 0.300 e. The number of aryl methyl sites for hydroxylation is 1. The van der Waals surface area contributed by atoms with E-state index in [1.165, 1.54) is 12.0 Å². The number of Topliss-reactive ketones (excluding diaryl/α,β-unsaturated/α-hetero) is 1. The van der Waals surface area contributed by atoms with Gasteiger partial charge in [0.15, 0.2) is 0 Å². The van der Waals surface area contributed by atoms with E-state index < -0.39 is 17.7 Å². The van der Waals surface area contributed by atoms with Gasteiger partial charge >= 0.3 is 0 Å². The predicted molar refractivity (Wildman–Crippen MR) is 133 cm³/mol. The van der Waals surface area contributed by atoms with E-state index in [-0.39, 0.29) is 11.3 Å². The molecular weight excluding hydrogens is 446 g/mol. The van der Waals surface area contributed by atoms with Crippen molar-refractivity contribution in [3.63, 3.8) is 0 Å². The predicted octanol–water partition coefficient (Wildman–Crippen LogP) is 5.79. The molecule has 1 amide bonds. The van der Waals surface area contributed by atoms with Crippen molar-refractivity contribution in [2.75, 3.05) is 18.6 Å². The van der Waals surface area contributed by atoms with Crippen LogP contribution >= 0.6 is 0 Å². The Morgan fingerprint density at radius 3 is 2.46 bits per heavy atom. The van der Waals surface area contributed by atoms with Crippen molar-refractivity contribution in [3.05, 3.63) is 83.3 Å². The van der Waals surface area contributed by atoms with E-state index in [4.69, 9.17) is 13.9 Å². The van der Waals surface area contributed by atoms with Gasteiger partial charge in [0.1, 0.15) is 34.8 Å². The quantitative estimate of drug-likeness (QED) is 0.182. The highest BCUT2D eigenvalue weighted by molar-refractivity contribution is 6.51. The van der Waals surface area contributed by atoms with Crippen molar-refractivity contribution in [3.8, 4) is 11.5 Å². The number of aliphatic hydroxyl groups excluding tert-OH is 1. The first-order valence-electron chi connectivity index (χ1n) is 11.7. The van der Waals surface area contributed by atoms with Gasteiger partial charge in [0.05, 0.1) is 19.3 Å². The number of anilines is 1. The Morgan fingerprint density at radius 1 is 1.03 bits per heavy atom. The molecule has 1 aromatic heterocycles. The molecule has 4 rings (SSSR count). The van der Waals surface area contributed by atoms with Crippen LogP contribution in [0, 0.1) is 6.92 Å². The molecule has 0 spiro atoms. The number of aliphatic hydroxyl groups is 1. The number of carbonyl (C=O) groups is 2. The highest BCUT2D eigenvalue weighted by atomic mass is 16.5. The topological polar surface area (TPSA) is 89.2 Å². The lowest BCUT2D eigenvalue weighted by Gasteiger charge is -2.23. The van der Waals surface area contributed by atoms with E-state index in [1.54, 1.807) is 67.6 Å². The fraction of sp³-hybridized carbons (Fsp3) is 0.286. The van der Waals surface area contributed by atoms with Crippen molar-refractivity contribution in [2.45, 2.75) is 39.2 Å². The molecule has 1 N–H and O–H groups in total. The summed E-state index contributed by atoms with van der Waals surface area (Å²) in [6, 6.07) is 16.2. The van der Waals surface area contributed by atoms with Crippen molar-refractivity contribution >= 4 is 23.1 Å². The number of furan rings is 1. The zero-order valence-electron chi connectivity index (χ0n) is 20.1. The lowest BCUT2D eigenvalue weighted by atomic mass is 9.99. The number of unbranched alkanes of at least 4 members (excludes halogenated alkanes) is 2. The SMILES string of the molecule is CCCCCOc1ccc(/C(O)=C2/C(=O)C(=O)N(c3cccc(OC)c3)C2c2ccc(C)o2)cc1. The van der Waals surface area contributed by atoms with Gasteiger partial charge in [-0.3, -0.25) is 14.5 Å². The molecule has 35 heavy (non-hydrogen) atoms. The maximum atomic E-state index is 13.2. The van der Waals surface area contributed by atoms with Gasteiger partial charge in [-0.2, -0.15) is 0 Å². The summed E-state index contributed by atoms with van der Waals surface area (Å²) in [5.74, 6) is 0.396. The minimum atomic E-state index is -0.930. The van der Waals surface area contributed by atoms with Gasteiger partial charge in [0, 0.05) is 17.3 Å². The molecule has 0 radical (unpaired) electrons. The maximum Gasteiger partial charge on any atom is 0.300 e. The number of benzene rings is 2. The molecular formula is C28H29NO6. The fourth-order valence-electron chi connectivity index (χ4n) is 4.14. The highest BCUT2D eigenvalue weighted by Crippen LogP contribution is 2.43. The number of hydrogen-bond donors (Lipinski definition) is 1. The second-order valence-corrected chi connectivity index (χ2v) is 8.40. The Labute approximate surface area is 204 Å². The Kier molecular flexibility index (Phi) is 7.25. The summed E-state index contributed by atoms with van der Waals surface area (Å²) in [5.41, 5.74) is 0.826. The third kappa shape index (κ3) is 4.94. The van der Waals surface area contributed by atoms with E-state index in [2.05, 4.69) is 6.92 Å². The average Bonchev–Trinajstić information content (AvgIpc) is 3.42. The van der Waals surface area contributed by atoms with Gasteiger partial charge < -0.3 is 19.0 Å². The van der Waals surface area contributed by atoms with Crippen molar-refractivity contribution in [2.24, 2.45) is 0 Å².